The molecule has 0 aliphatic heterocycles. The Bertz CT molecular complexity index is 1070. The van der Waals surface area contributed by atoms with Crippen molar-refractivity contribution in [1.29, 1.82) is 5.26 Å². The number of nitrogens with one attached hydrogen (secondary N) is 2. The first-order valence-corrected chi connectivity index (χ1v) is 12.3. The van der Waals surface area contributed by atoms with Gasteiger partial charge in [0, 0.05) is 11.0 Å². The van der Waals surface area contributed by atoms with Crippen molar-refractivity contribution in [2.24, 2.45) is 11.3 Å². The van der Waals surface area contributed by atoms with Crippen molar-refractivity contribution >= 4 is 45.7 Å². The van der Waals surface area contributed by atoms with Crippen LogP contribution in [0.1, 0.15) is 74.1 Å². The van der Waals surface area contributed by atoms with Crippen LogP contribution >= 0.6 is 23.6 Å². The number of carbonyl (C=O) groups is 1. The summed E-state index contributed by atoms with van der Waals surface area (Å²) < 4.78 is 0. The first kappa shape index (κ1) is 24.2. The average molecular weight is 466 g/mol. The molecule has 3 rings (SSSR count). The monoisotopic (exact) mass is 465 g/mol. The highest BCUT2D eigenvalue weighted by Crippen LogP contribution is 2.43. The third-order valence-corrected chi connectivity index (χ3v) is 7.47. The maximum absolute atomic E-state index is 12.3. The fraction of sp³-hybridized carbons (Fsp3) is 0.423. The van der Waals surface area contributed by atoms with E-state index in [2.05, 4.69) is 63.5 Å². The van der Waals surface area contributed by atoms with Crippen LogP contribution < -0.4 is 10.6 Å². The van der Waals surface area contributed by atoms with E-state index in [0.717, 1.165) is 35.4 Å². The van der Waals surface area contributed by atoms with Gasteiger partial charge in [0.25, 0.3) is 0 Å². The van der Waals surface area contributed by atoms with Crippen LogP contribution in [0, 0.1) is 22.7 Å². The van der Waals surface area contributed by atoms with Crippen LogP contribution in [0.15, 0.2) is 30.3 Å². The first-order valence-electron chi connectivity index (χ1n) is 11.0. The summed E-state index contributed by atoms with van der Waals surface area (Å²) in [7, 11) is 0. The number of fused-ring (bicyclic) bond motifs is 1. The quantitative estimate of drug-likeness (QED) is 0.404. The van der Waals surface area contributed by atoms with E-state index < -0.39 is 0 Å². The number of rotatable bonds is 4. The normalized spacial score (nSPS) is 16.0. The van der Waals surface area contributed by atoms with Gasteiger partial charge in [-0.3, -0.25) is 10.1 Å². The molecule has 32 heavy (non-hydrogen) atoms. The smallest absolute Gasteiger partial charge is 0.250 e. The third-order valence-electron chi connectivity index (χ3n) is 6.10. The number of nitrogens with zero attached hydrogens (tertiary/aromatic N) is 1. The molecule has 0 saturated heterocycles. The third kappa shape index (κ3) is 5.85. The lowest BCUT2D eigenvalue weighted by Crippen LogP contribution is -2.32. The molecule has 0 bridgehead atoms. The van der Waals surface area contributed by atoms with E-state index >= 15 is 0 Å². The Hall–Kier alpha value is -2.49. The van der Waals surface area contributed by atoms with Gasteiger partial charge in [-0.05, 0) is 71.5 Å². The van der Waals surface area contributed by atoms with Crippen LogP contribution in [-0.2, 0) is 17.6 Å². The van der Waals surface area contributed by atoms with Crippen molar-refractivity contribution in [1.82, 2.24) is 5.32 Å². The van der Waals surface area contributed by atoms with Crippen LogP contribution in [0.4, 0.5) is 5.00 Å². The van der Waals surface area contributed by atoms with Crippen LogP contribution in [0.25, 0.3) is 6.08 Å². The molecule has 2 aromatic rings. The molecule has 1 aliphatic rings. The number of amides is 1. The van der Waals surface area contributed by atoms with Crippen LogP contribution in [0.5, 0.6) is 0 Å². The van der Waals surface area contributed by atoms with Gasteiger partial charge in [-0.1, -0.05) is 58.9 Å². The molecule has 0 radical (unpaired) electrons. The SMILES string of the molecule is CC(C)c1ccc(/C=C/C(=O)NC(=S)Nc2sc3c(c2C#N)CCC(C(C)(C)C)C3)cc1. The molecule has 6 heteroatoms. The molecule has 1 aliphatic carbocycles. The fourth-order valence-corrected chi connectivity index (χ4v) is 5.53. The number of hydrogen-bond donors (Lipinski definition) is 2. The summed E-state index contributed by atoms with van der Waals surface area (Å²) >= 11 is 6.93. The number of thiocarbonyl (C=S) groups is 1. The highest BCUT2D eigenvalue weighted by atomic mass is 32.1. The number of hydrogen-bond acceptors (Lipinski definition) is 4. The van der Waals surface area contributed by atoms with E-state index in [1.165, 1.54) is 16.5 Å². The highest BCUT2D eigenvalue weighted by molar-refractivity contribution is 7.80. The van der Waals surface area contributed by atoms with Gasteiger partial charge in [0.1, 0.15) is 11.1 Å². The van der Waals surface area contributed by atoms with Crippen molar-refractivity contribution in [3.05, 3.63) is 57.5 Å². The second-order valence-corrected chi connectivity index (χ2v) is 11.2. The zero-order chi connectivity index (χ0) is 23.5. The van der Waals surface area contributed by atoms with Gasteiger partial charge < -0.3 is 5.32 Å². The van der Waals surface area contributed by atoms with E-state index in [4.69, 9.17) is 12.2 Å². The van der Waals surface area contributed by atoms with Gasteiger partial charge in [-0.25, -0.2) is 0 Å². The Kier molecular flexibility index (Phi) is 7.53. The number of anilines is 1. The summed E-state index contributed by atoms with van der Waals surface area (Å²) in [5.41, 5.74) is 4.26. The fourth-order valence-electron chi connectivity index (χ4n) is 3.98. The minimum absolute atomic E-state index is 0.206. The predicted octanol–water partition coefficient (Wildman–Crippen LogP) is 6.42. The van der Waals surface area contributed by atoms with Crippen molar-refractivity contribution in [2.45, 2.75) is 59.8 Å². The van der Waals surface area contributed by atoms with Gasteiger partial charge in [-0.2, -0.15) is 5.26 Å². The van der Waals surface area contributed by atoms with E-state index in [1.807, 2.05) is 12.1 Å². The van der Waals surface area contributed by atoms with Gasteiger partial charge in [0.15, 0.2) is 5.11 Å². The lowest BCUT2D eigenvalue weighted by atomic mass is 9.72. The van der Waals surface area contributed by atoms with E-state index in [0.29, 0.717) is 17.4 Å². The van der Waals surface area contributed by atoms with Crippen molar-refractivity contribution in [2.75, 3.05) is 5.32 Å². The predicted molar refractivity (Wildman–Crippen MR) is 138 cm³/mol. The molecule has 1 unspecified atom stereocenters. The molecular formula is C26H31N3OS2. The van der Waals surface area contributed by atoms with Crippen molar-refractivity contribution < 1.29 is 4.79 Å². The van der Waals surface area contributed by atoms with Crippen molar-refractivity contribution in [3.63, 3.8) is 0 Å². The topological polar surface area (TPSA) is 64.9 Å². The second-order valence-electron chi connectivity index (χ2n) is 9.72. The summed E-state index contributed by atoms with van der Waals surface area (Å²) in [5.74, 6) is 0.767. The second kappa shape index (κ2) is 9.97. The Morgan fingerprint density at radius 3 is 2.56 bits per heavy atom. The molecule has 1 heterocycles. The lowest BCUT2D eigenvalue weighted by molar-refractivity contribution is -0.115. The molecule has 1 aromatic heterocycles. The van der Waals surface area contributed by atoms with Crippen LogP contribution in [-0.4, -0.2) is 11.0 Å². The molecule has 0 spiro atoms. The maximum atomic E-state index is 12.3. The Morgan fingerprint density at radius 1 is 1.28 bits per heavy atom. The molecular weight excluding hydrogens is 434 g/mol. The standard InChI is InChI=1S/C26H31N3OS2/c1-16(2)18-9-6-17(7-10-18)8-13-23(30)28-25(31)29-24-21(15-27)20-12-11-19(26(3,4)5)14-22(20)32-24/h6-10,13,16,19H,11-12,14H2,1-5H3,(H2,28,29,30,31)/b13-8+. The average Bonchev–Trinajstić information content (AvgIpc) is 3.07. The molecule has 168 valence electrons. The number of nitriles is 1. The molecule has 1 aromatic carbocycles. The molecule has 2 N–H and O–H groups in total. The van der Waals surface area contributed by atoms with Crippen LogP contribution in [0.2, 0.25) is 0 Å². The zero-order valence-corrected chi connectivity index (χ0v) is 21.0. The first-order chi connectivity index (χ1) is 15.1. The molecule has 1 amide bonds. The van der Waals surface area contributed by atoms with Gasteiger partial charge in [0.05, 0.1) is 5.56 Å². The van der Waals surface area contributed by atoms with Gasteiger partial charge in [-0.15, -0.1) is 11.3 Å². The Balaban J connectivity index is 1.63. The largest absolute Gasteiger partial charge is 0.323 e. The van der Waals surface area contributed by atoms with Crippen LogP contribution in [0.3, 0.4) is 0 Å². The van der Waals surface area contributed by atoms with E-state index in [1.54, 1.807) is 17.4 Å². The molecule has 0 fully saturated rings. The molecule has 4 nitrogen and oxygen atoms in total. The Labute approximate surface area is 200 Å². The zero-order valence-electron chi connectivity index (χ0n) is 19.4. The number of thiophene rings is 1. The summed E-state index contributed by atoms with van der Waals surface area (Å²) in [4.78, 5) is 13.6. The lowest BCUT2D eigenvalue weighted by Gasteiger charge is -2.33. The maximum Gasteiger partial charge on any atom is 0.250 e. The number of carbonyl (C=O) groups excluding carboxylic acids is 1. The summed E-state index contributed by atoms with van der Waals surface area (Å²) in [6.45, 7) is 11.1. The molecule has 0 saturated carbocycles. The van der Waals surface area contributed by atoms with Gasteiger partial charge in [0.2, 0.25) is 5.91 Å². The van der Waals surface area contributed by atoms with E-state index in [9.17, 15) is 10.1 Å². The van der Waals surface area contributed by atoms with Gasteiger partial charge >= 0.3 is 0 Å². The minimum atomic E-state index is -0.303. The highest BCUT2D eigenvalue weighted by Gasteiger charge is 2.32. The Morgan fingerprint density at radius 2 is 1.97 bits per heavy atom. The molecule has 1 atom stereocenters. The summed E-state index contributed by atoms with van der Waals surface area (Å²) in [6.07, 6.45) is 6.22. The minimum Gasteiger partial charge on any atom is -0.323 e. The number of benzene rings is 1. The van der Waals surface area contributed by atoms with Crippen molar-refractivity contribution in [3.8, 4) is 6.07 Å². The summed E-state index contributed by atoms with van der Waals surface area (Å²) in [6, 6.07) is 10.5. The summed E-state index contributed by atoms with van der Waals surface area (Å²) in [5, 5.41) is 16.4. The van der Waals surface area contributed by atoms with E-state index in [-0.39, 0.29) is 16.4 Å².